The molecule has 9 heteroatoms. The number of hydrogen-bond donors (Lipinski definition) is 3. The average molecular weight is 386 g/mol. The predicted octanol–water partition coefficient (Wildman–Crippen LogP) is 3.07. The summed E-state index contributed by atoms with van der Waals surface area (Å²) in [5.74, 6) is 0.596. The first-order chi connectivity index (χ1) is 11.4. The standard InChI is InChI=1S/C15H16ClN3O3S2/c1-17-24(20,21)12-6-4-11(5-7-12)18-15(23)19-13-9-10(16)3-8-14(13)22-2/h3-9,17H,1-2H3,(H2,18,19,23). The van der Waals surface area contributed by atoms with Gasteiger partial charge in [0.25, 0.3) is 0 Å². The molecule has 0 aromatic heterocycles. The van der Waals surface area contributed by atoms with E-state index in [9.17, 15) is 8.42 Å². The summed E-state index contributed by atoms with van der Waals surface area (Å²) < 4.78 is 30.9. The van der Waals surface area contributed by atoms with E-state index in [-0.39, 0.29) is 4.90 Å². The number of hydrogen-bond acceptors (Lipinski definition) is 4. The number of ether oxygens (including phenoxy) is 1. The van der Waals surface area contributed by atoms with E-state index in [0.717, 1.165) is 0 Å². The van der Waals surface area contributed by atoms with E-state index in [1.807, 2.05) is 0 Å². The zero-order valence-electron chi connectivity index (χ0n) is 13.0. The summed E-state index contributed by atoms with van der Waals surface area (Å²) in [4.78, 5) is 0.172. The summed E-state index contributed by atoms with van der Waals surface area (Å²) in [5.41, 5.74) is 1.26. The van der Waals surface area contributed by atoms with Gasteiger partial charge in [0, 0.05) is 10.7 Å². The van der Waals surface area contributed by atoms with Crippen molar-refractivity contribution in [1.29, 1.82) is 0 Å². The third kappa shape index (κ3) is 4.57. The van der Waals surface area contributed by atoms with Crippen molar-refractivity contribution < 1.29 is 13.2 Å². The maximum atomic E-state index is 11.7. The van der Waals surface area contributed by atoms with Crippen molar-refractivity contribution in [3.63, 3.8) is 0 Å². The van der Waals surface area contributed by atoms with Gasteiger partial charge < -0.3 is 15.4 Å². The molecule has 0 atom stereocenters. The second kappa shape index (κ2) is 7.80. The van der Waals surface area contributed by atoms with Crippen molar-refractivity contribution in [2.24, 2.45) is 0 Å². The van der Waals surface area contributed by atoms with Gasteiger partial charge in [-0.3, -0.25) is 0 Å². The van der Waals surface area contributed by atoms with Gasteiger partial charge in [0.15, 0.2) is 5.11 Å². The van der Waals surface area contributed by atoms with E-state index < -0.39 is 10.0 Å². The van der Waals surface area contributed by atoms with Crippen molar-refractivity contribution in [3.05, 3.63) is 47.5 Å². The Morgan fingerprint density at radius 2 is 1.79 bits per heavy atom. The van der Waals surface area contributed by atoms with Crippen LogP contribution in [0, 0.1) is 0 Å². The quantitative estimate of drug-likeness (QED) is 0.686. The molecule has 0 radical (unpaired) electrons. The highest BCUT2D eigenvalue weighted by Crippen LogP contribution is 2.27. The van der Waals surface area contributed by atoms with E-state index in [0.29, 0.717) is 27.3 Å². The van der Waals surface area contributed by atoms with E-state index in [2.05, 4.69) is 15.4 Å². The van der Waals surface area contributed by atoms with Gasteiger partial charge in [-0.15, -0.1) is 0 Å². The molecule has 128 valence electrons. The molecule has 0 aliphatic heterocycles. The largest absolute Gasteiger partial charge is 0.495 e. The van der Waals surface area contributed by atoms with Gasteiger partial charge in [0.1, 0.15) is 5.75 Å². The summed E-state index contributed by atoms with van der Waals surface area (Å²) in [7, 11) is -0.556. The second-order valence-electron chi connectivity index (χ2n) is 4.66. The summed E-state index contributed by atoms with van der Waals surface area (Å²) >= 11 is 11.2. The van der Waals surface area contributed by atoms with Crippen LogP contribution in [0.15, 0.2) is 47.4 Å². The molecular weight excluding hydrogens is 370 g/mol. The molecule has 0 unspecified atom stereocenters. The molecule has 0 spiro atoms. The minimum atomic E-state index is -3.46. The molecule has 0 heterocycles. The summed E-state index contributed by atoms with van der Waals surface area (Å²) in [5, 5.41) is 6.81. The van der Waals surface area contributed by atoms with Crippen LogP contribution in [0.4, 0.5) is 11.4 Å². The number of nitrogens with one attached hydrogen (secondary N) is 3. The maximum Gasteiger partial charge on any atom is 0.240 e. The fourth-order valence-electron chi connectivity index (χ4n) is 1.90. The highest BCUT2D eigenvalue weighted by Gasteiger charge is 2.11. The Balaban J connectivity index is 2.09. The maximum absolute atomic E-state index is 11.7. The van der Waals surface area contributed by atoms with Crippen LogP contribution in [-0.2, 0) is 10.0 Å². The van der Waals surface area contributed by atoms with Crippen molar-refractivity contribution in [2.45, 2.75) is 4.90 Å². The SMILES string of the molecule is CNS(=O)(=O)c1ccc(NC(=S)Nc2cc(Cl)ccc2OC)cc1. The van der Waals surface area contributed by atoms with Gasteiger partial charge in [0.05, 0.1) is 17.7 Å². The van der Waals surface area contributed by atoms with E-state index in [1.165, 1.54) is 19.2 Å². The number of anilines is 2. The second-order valence-corrected chi connectivity index (χ2v) is 7.39. The Labute approximate surface area is 151 Å². The van der Waals surface area contributed by atoms with E-state index in [4.69, 9.17) is 28.6 Å². The lowest BCUT2D eigenvalue weighted by atomic mass is 10.3. The minimum Gasteiger partial charge on any atom is -0.495 e. The highest BCUT2D eigenvalue weighted by atomic mass is 35.5. The fraction of sp³-hybridized carbons (Fsp3) is 0.133. The number of rotatable bonds is 5. The molecule has 0 amide bonds. The van der Waals surface area contributed by atoms with Crippen LogP contribution in [0.25, 0.3) is 0 Å². The Morgan fingerprint density at radius 3 is 2.38 bits per heavy atom. The Morgan fingerprint density at radius 1 is 1.12 bits per heavy atom. The molecule has 0 aliphatic rings. The predicted molar refractivity (Wildman–Crippen MR) is 101 cm³/mol. The molecular formula is C15H16ClN3O3S2. The van der Waals surface area contributed by atoms with E-state index in [1.54, 1.807) is 37.4 Å². The lowest BCUT2D eigenvalue weighted by Gasteiger charge is -2.14. The summed E-state index contributed by atoms with van der Waals surface area (Å²) in [6, 6.07) is 11.3. The molecule has 0 saturated heterocycles. The first-order valence-electron chi connectivity index (χ1n) is 6.81. The molecule has 0 bridgehead atoms. The smallest absolute Gasteiger partial charge is 0.240 e. The van der Waals surface area contributed by atoms with Gasteiger partial charge in [-0.1, -0.05) is 11.6 Å². The van der Waals surface area contributed by atoms with E-state index >= 15 is 0 Å². The van der Waals surface area contributed by atoms with Gasteiger partial charge in [0.2, 0.25) is 10.0 Å². The fourth-order valence-corrected chi connectivity index (χ4v) is 3.03. The van der Waals surface area contributed by atoms with Crippen LogP contribution < -0.4 is 20.1 Å². The zero-order valence-corrected chi connectivity index (χ0v) is 15.3. The Hall–Kier alpha value is -1.87. The van der Waals surface area contributed by atoms with Crippen molar-refractivity contribution in [3.8, 4) is 5.75 Å². The topological polar surface area (TPSA) is 79.5 Å². The number of benzene rings is 2. The Bertz CT molecular complexity index is 840. The zero-order chi connectivity index (χ0) is 17.7. The average Bonchev–Trinajstić information content (AvgIpc) is 2.55. The molecule has 2 rings (SSSR count). The van der Waals surface area contributed by atoms with Gasteiger partial charge in [-0.25, -0.2) is 13.1 Å². The lowest BCUT2D eigenvalue weighted by Crippen LogP contribution is -2.20. The number of sulfonamides is 1. The highest BCUT2D eigenvalue weighted by molar-refractivity contribution is 7.89. The summed E-state index contributed by atoms with van der Waals surface area (Å²) in [6.07, 6.45) is 0. The van der Waals surface area contributed by atoms with Gasteiger partial charge in [-0.2, -0.15) is 0 Å². The van der Waals surface area contributed by atoms with Gasteiger partial charge in [-0.05, 0) is 61.7 Å². The molecule has 24 heavy (non-hydrogen) atoms. The van der Waals surface area contributed by atoms with Crippen molar-refractivity contribution in [1.82, 2.24) is 4.72 Å². The van der Waals surface area contributed by atoms with Crippen LogP contribution in [0.5, 0.6) is 5.75 Å². The molecule has 3 N–H and O–H groups in total. The molecule has 2 aromatic carbocycles. The number of methoxy groups -OCH3 is 1. The third-order valence-electron chi connectivity index (χ3n) is 3.10. The summed E-state index contributed by atoms with van der Waals surface area (Å²) in [6.45, 7) is 0. The number of thiocarbonyl (C=S) groups is 1. The van der Waals surface area contributed by atoms with Crippen LogP contribution >= 0.6 is 23.8 Å². The molecule has 0 fully saturated rings. The monoisotopic (exact) mass is 385 g/mol. The van der Waals surface area contributed by atoms with Crippen LogP contribution in [0.3, 0.4) is 0 Å². The first-order valence-corrected chi connectivity index (χ1v) is 9.08. The first kappa shape index (κ1) is 18.5. The van der Waals surface area contributed by atoms with Crippen molar-refractivity contribution >= 4 is 50.3 Å². The van der Waals surface area contributed by atoms with Gasteiger partial charge >= 0.3 is 0 Å². The minimum absolute atomic E-state index is 0.172. The Kier molecular flexibility index (Phi) is 6.00. The molecule has 6 nitrogen and oxygen atoms in total. The van der Waals surface area contributed by atoms with Crippen LogP contribution in [0.1, 0.15) is 0 Å². The number of halogens is 1. The molecule has 0 aliphatic carbocycles. The lowest BCUT2D eigenvalue weighted by molar-refractivity contribution is 0.417. The third-order valence-corrected chi connectivity index (χ3v) is 4.97. The van der Waals surface area contributed by atoms with Crippen molar-refractivity contribution in [2.75, 3.05) is 24.8 Å². The molecule has 0 saturated carbocycles. The molecule has 2 aromatic rings. The normalized spacial score (nSPS) is 11.0. The van der Waals surface area contributed by atoms with Crippen LogP contribution in [0.2, 0.25) is 5.02 Å². The van der Waals surface area contributed by atoms with Crippen LogP contribution in [-0.4, -0.2) is 27.7 Å².